The first-order valence-electron chi connectivity index (χ1n) is 16.6. The molecule has 0 saturated heterocycles. The van der Waals surface area contributed by atoms with Crippen LogP contribution in [-0.2, 0) is 13.0 Å². The predicted molar refractivity (Wildman–Crippen MR) is 186 cm³/mol. The number of hydrogen-bond acceptors (Lipinski definition) is 8. The summed E-state index contributed by atoms with van der Waals surface area (Å²) in [7, 11) is 0. The van der Waals surface area contributed by atoms with Crippen LogP contribution in [0.1, 0.15) is 70.1 Å². The number of aromatic carboxylic acids is 1. The summed E-state index contributed by atoms with van der Waals surface area (Å²) in [6.07, 6.45) is 7.47. The van der Waals surface area contributed by atoms with Crippen LogP contribution in [0.15, 0.2) is 65.8 Å². The molecule has 4 aliphatic rings. The molecule has 3 fully saturated rings. The van der Waals surface area contributed by atoms with Gasteiger partial charge >= 0.3 is 5.97 Å². The molecule has 2 aromatic heterocycles. The summed E-state index contributed by atoms with van der Waals surface area (Å²) < 4.78 is 1.01. The lowest BCUT2D eigenvalue weighted by molar-refractivity contribution is -0.135. The average molecular weight is 647 g/mol. The van der Waals surface area contributed by atoms with Gasteiger partial charge in [-0.05, 0) is 110 Å². The summed E-state index contributed by atoms with van der Waals surface area (Å²) in [5.74, 6) is 3.56. The van der Waals surface area contributed by atoms with Crippen molar-refractivity contribution >= 4 is 55.7 Å². The standard InChI is InChI=1S/C37H38N6O3S/c1-20(39-18-21-13-23-15-25-16-24(14-21)33(23)25)28(17-38)26-9-10-32(41-34(26)36(45)46)43-12-11-22-5-4-6-27(29(22)19-43)35(44)42-37-40-30-7-2-3-8-31(30)47-37/h2-10,17,21,23-25,33H,11-16,18-19,38H2,1H3,(H,45,46)(H,40,42,44)/b28-17+,39-20?. The van der Waals surface area contributed by atoms with Crippen LogP contribution in [0.5, 0.6) is 0 Å². The molecule has 2 unspecified atom stereocenters. The van der Waals surface area contributed by atoms with E-state index in [0.29, 0.717) is 53.1 Å². The number of carbonyl (C=O) groups excluding carboxylic acids is 1. The van der Waals surface area contributed by atoms with E-state index in [4.69, 9.17) is 10.7 Å². The van der Waals surface area contributed by atoms with Crippen LogP contribution < -0.4 is 16.0 Å². The number of thiazole rings is 1. The summed E-state index contributed by atoms with van der Waals surface area (Å²) >= 11 is 1.44. The number of amides is 1. The number of carboxylic acid groups (broad SMARTS) is 1. The zero-order valence-electron chi connectivity index (χ0n) is 26.4. The summed E-state index contributed by atoms with van der Waals surface area (Å²) in [6.45, 7) is 3.74. The molecular weight excluding hydrogens is 609 g/mol. The number of aromatic nitrogens is 2. The van der Waals surface area contributed by atoms with Gasteiger partial charge in [0.25, 0.3) is 5.91 Å². The summed E-state index contributed by atoms with van der Waals surface area (Å²) in [5, 5.41) is 13.8. The van der Waals surface area contributed by atoms with Crippen LogP contribution >= 0.6 is 11.3 Å². The molecule has 0 radical (unpaired) electrons. The molecule has 9 nitrogen and oxygen atoms in total. The van der Waals surface area contributed by atoms with E-state index >= 15 is 0 Å². The van der Waals surface area contributed by atoms with Crippen LogP contribution in [0, 0.1) is 29.6 Å². The molecule has 0 spiro atoms. The number of carboxylic acids is 1. The fraction of sp³-hybridized carbons (Fsp3) is 0.378. The minimum absolute atomic E-state index is 0.0584. The van der Waals surface area contributed by atoms with E-state index in [0.717, 1.165) is 57.3 Å². The number of nitrogens with one attached hydrogen (secondary N) is 1. The van der Waals surface area contributed by atoms with E-state index in [9.17, 15) is 14.7 Å². The number of pyridine rings is 1. The van der Waals surface area contributed by atoms with Crippen molar-refractivity contribution in [3.8, 4) is 0 Å². The maximum absolute atomic E-state index is 13.5. The van der Waals surface area contributed by atoms with E-state index in [1.165, 1.54) is 43.2 Å². The maximum atomic E-state index is 13.5. The van der Waals surface area contributed by atoms with Crippen LogP contribution in [0.4, 0.5) is 10.9 Å². The lowest BCUT2D eigenvalue weighted by atomic mass is 9.42. The van der Waals surface area contributed by atoms with Crippen molar-refractivity contribution in [1.82, 2.24) is 9.97 Å². The topological polar surface area (TPSA) is 134 Å². The van der Waals surface area contributed by atoms with Crippen molar-refractivity contribution < 1.29 is 14.7 Å². The smallest absolute Gasteiger partial charge is 0.355 e. The van der Waals surface area contributed by atoms with Gasteiger partial charge in [-0.3, -0.25) is 15.1 Å². The van der Waals surface area contributed by atoms with Gasteiger partial charge in [0.1, 0.15) is 5.82 Å². The van der Waals surface area contributed by atoms with Gasteiger partial charge in [-0.25, -0.2) is 14.8 Å². The largest absolute Gasteiger partial charge is 0.476 e. The Bertz CT molecular complexity index is 1920. The number of fused-ring (bicyclic) bond motifs is 2. The van der Waals surface area contributed by atoms with Crippen LogP contribution in [-0.4, -0.2) is 45.8 Å². The van der Waals surface area contributed by atoms with Gasteiger partial charge in [0, 0.05) is 48.2 Å². The molecule has 240 valence electrons. The molecule has 10 heteroatoms. The SMILES string of the molecule is CC(=NCC1CC2CC3CC(C1)C23)/C(=C\N)c1ccc(N2CCc3cccc(C(=O)Nc4nc5ccccc5s4)c3C2)nc1C(=O)O. The third kappa shape index (κ3) is 5.38. The highest BCUT2D eigenvalue weighted by atomic mass is 32.1. The molecule has 4 N–H and O–H groups in total. The highest BCUT2D eigenvalue weighted by molar-refractivity contribution is 7.22. The minimum atomic E-state index is -1.12. The zero-order valence-corrected chi connectivity index (χ0v) is 27.2. The maximum Gasteiger partial charge on any atom is 0.355 e. The van der Waals surface area contributed by atoms with Crippen LogP contribution in [0.3, 0.4) is 0 Å². The van der Waals surface area contributed by atoms with Gasteiger partial charge in [-0.15, -0.1) is 0 Å². The normalized spacial score (nSPS) is 25.0. The Morgan fingerprint density at radius 3 is 2.55 bits per heavy atom. The number of para-hydroxylation sites is 1. The quantitative estimate of drug-likeness (QED) is 0.183. The van der Waals surface area contributed by atoms with Gasteiger partial charge in [-0.2, -0.15) is 0 Å². The third-order valence-corrected chi connectivity index (χ3v) is 11.9. The molecule has 8 rings (SSSR count). The van der Waals surface area contributed by atoms with Gasteiger partial charge in [0.15, 0.2) is 10.8 Å². The monoisotopic (exact) mass is 646 g/mol. The summed E-state index contributed by atoms with van der Waals surface area (Å²) in [6, 6.07) is 17.2. The lowest BCUT2D eigenvalue weighted by Gasteiger charge is -2.63. The number of carbonyl (C=O) groups is 2. The van der Waals surface area contributed by atoms with E-state index < -0.39 is 5.97 Å². The Hall–Kier alpha value is -4.57. The van der Waals surface area contributed by atoms with Crippen LogP contribution in [0.25, 0.3) is 15.8 Å². The molecule has 3 aliphatic carbocycles. The van der Waals surface area contributed by atoms with Gasteiger partial charge in [-0.1, -0.05) is 35.6 Å². The second kappa shape index (κ2) is 11.9. The Morgan fingerprint density at radius 2 is 1.81 bits per heavy atom. The number of nitrogens with zero attached hydrogens (tertiary/aromatic N) is 4. The highest BCUT2D eigenvalue weighted by Crippen LogP contribution is 2.64. The van der Waals surface area contributed by atoms with E-state index in [-0.39, 0.29) is 11.6 Å². The molecule has 2 aromatic carbocycles. The van der Waals surface area contributed by atoms with E-state index in [1.807, 2.05) is 60.4 Å². The fourth-order valence-corrected chi connectivity index (χ4v) is 9.58. The highest BCUT2D eigenvalue weighted by Gasteiger charge is 2.56. The number of rotatable bonds is 8. The summed E-state index contributed by atoms with van der Waals surface area (Å²) in [5.41, 5.74) is 11.3. The van der Waals surface area contributed by atoms with Crippen molar-refractivity contribution in [2.75, 3.05) is 23.3 Å². The minimum Gasteiger partial charge on any atom is -0.476 e. The molecule has 47 heavy (non-hydrogen) atoms. The fourth-order valence-electron chi connectivity index (χ4n) is 8.71. The molecule has 4 aromatic rings. The molecule has 2 atom stereocenters. The second-order valence-electron chi connectivity index (χ2n) is 13.6. The van der Waals surface area contributed by atoms with Crippen LogP contribution in [0.2, 0.25) is 0 Å². The second-order valence-corrected chi connectivity index (χ2v) is 14.6. The molecule has 1 amide bonds. The predicted octanol–water partition coefficient (Wildman–Crippen LogP) is 6.65. The molecular formula is C37H38N6O3S. The number of nitrogens with two attached hydrogens (primary N) is 1. The number of benzene rings is 2. The van der Waals surface area contributed by atoms with Crippen molar-refractivity contribution in [3.63, 3.8) is 0 Å². The van der Waals surface area contributed by atoms with Crippen molar-refractivity contribution in [1.29, 1.82) is 0 Å². The number of anilines is 2. The number of hydrogen-bond donors (Lipinski definition) is 3. The zero-order chi connectivity index (χ0) is 32.2. The Morgan fingerprint density at radius 1 is 1.02 bits per heavy atom. The Kier molecular flexibility index (Phi) is 7.55. The Labute approximate surface area is 277 Å². The van der Waals surface area contributed by atoms with E-state index in [2.05, 4.69) is 15.3 Å². The van der Waals surface area contributed by atoms with Gasteiger partial charge in [0.05, 0.1) is 10.2 Å². The van der Waals surface area contributed by atoms with Crippen molar-refractivity contribution in [2.24, 2.45) is 40.3 Å². The number of aliphatic imine (C=N–C) groups is 1. The first-order valence-corrected chi connectivity index (χ1v) is 17.4. The van der Waals surface area contributed by atoms with Crippen molar-refractivity contribution in [3.05, 3.63) is 88.7 Å². The molecule has 3 saturated carbocycles. The summed E-state index contributed by atoms with van der Waals surface area (Å²) in [4.78, 5) is 42.2. The molecule has 1 aliphatic heterocycles. The average Bonchev–Trinajstić information content (AvgIpc) is 3.47. The third-order valence-electron chi connectivity index (χ3n) is 11.0. The van der Waals surface area contributed by atoms with E-state index in [1.54, 1.807) is 6.07 Å². The first kappa shape index (κ1) is 29.8. The van der Waals surface area contributed by atoms with Gasteiger partial charge in [0.2, 0.25) is 0 Å². The Balaban J connectivity index is 1.01. The van der Waals surface area contributed by atoms with Crippen molar-refractivity contribution in [2.45, 2.75) is 45.6 Å². The number of allylic oxidation sites excluding steroid dienone is 1. The molecule has 3 heterocycles. The van der Waals surface area contributed by atoms with Gasteiger partial charge < -0.3 is 15.7 Å². The lowest BCUT2D eigenvalue weighted by Crippen LogP contribution is -2.55. The molecule has 0 bridgehead atoms. The first-order chi connectivity index (χ1) is 22.9.